The van der Waals surface area contributed by atoms with E-state index in [2.05, 4.69) is 23.4 Å². The van der Waals surface area contributed by atoms with E-state index in [0.29, 0.717) is 11.6 Å². The maximum atomic E-state index is 12.8. The molecule has 4 aromatic rings. The van der Waals surface area contributed by atoms with Crippen molar-refractivity contribution in [3.05, 3.63) is 52.7 Å². The largest absolute Gasteiger partial charge is 0.312 e. The number of benzene rings is 1. The summed E-state index contributed by atoms with van der Waals surface area (Å²) >= 11 is 3.39. The zero-order valence-electron chi connectivity index (χ0n) is 15.7. The molecule has 0 saturated heterocycles. The number of thiazole rings is 1. The van der Waals surface area contributed by atoms with E-state index in [-0.39, 0.29) is 5.91 Å². The van der Waals surface area contributed by atoms with Crippen molar-refractivity contribution in [2.75, 3.05) is 5.32 Å². The molecule has 1 atom stereocenters. The lowest BCUT2D eigenvalue weighted by atomic mass is 9.88. The Bertz CT molecular complexity index is 1150. The van der Waals surface area contributed by atoms with E-state index in [9.17, 15) is 4.79 Å². The summed E-state index contributed by atoms with van der Waals surface area (Å²) in [4.78, 5) is 19.0. The van der Waals surface area contributed by atoms with Gasteiger partial charge in [-0.15, -0.1) is 22.7 Å². The number of nitrogens with one attached hydrogen (secondary N) is 1. The van der Waals surface area contributed by atoms with Crippen LogP contribution in [0.5, 0.6) is 0 Å². The first-order chi connectivity index (χ1) is 13.6. The quantitative estimate of drug-likeness (QED) is 0.511. The number of hydrogen-bond donors (Lipinski definition) is 1. The van der Waals surface area contributed by atoms with Gasteiger partial charge >= 0.3 is 0 Å². The van der Waals surface area contributed by atoms with Gasteiger partial charge in [-0.25, -0.2) is 4.98 Å². The number of hydrogen-bond acceptors (Lipinski definition) is 5. The van der Waals surface area contributed by atoms with Crippen molar-refractivity contribution in [3.8, 4) is 10.6 Å². The molecule has 0 unspecified atom stereocenters. The fraction of sp³-hybridized carbons (Fsp3) is 0.286. The van der Waals surface area contributed by atoms with E-state index < -0.39 is 0 Å². The third-order valence-corrected chi connectivity index (χ3v) is 7.42. The van der Waals surface area contributed by atoms with Crippen LogP contribution < -0.4 is 5.32 Å². The maximum Gasteiger partial charge on any atom is 0.276 e. The van der Waals surface area contributed by atoms with Crippen molar-refractivity contribution < 1.29 is 4.79 Å². The van der Waals surface area contributed by atoms with Gasteiger partial charge in [-0.05, 0) is 48.9 Å². The first kappa shape index (κ1) is 17.6. The molecule has 3 aromatic heterocycles. The lowest BCUT2D eigenvalue weighted by molar-refractivity contribution is 0.102. The molecule has 3 heterocycles. The summed E-state index contributed by atoms with van der Waals surface area (Å²) < 4.78 is 2.81. The molecule has 7 heteroatoms. The highest BCUT2D eigenvalue weighted by Crippen LogP contribution is 2.47. The lowest BCUT2D eigenvalue weighted by Crippen LogP contribution is -2.13. The molecule has 5 nitrogen and oxygen atoms in total. The van der Waals surface area contributed by atoms with E-state index >= 15 is 0 Å². The minimum Gasteiger partial charge on any atom is -0.312 e. The van der Waals surface area contributed by atoms with E-state index in [1.807, 2.05) is 25.2 Å². The fourth-order valence-electron chi connectivity index (χ4n) is 3.75. The Morgan fingerprint density at radius 1 is 1.25 bits per heavy atom. The van der Waals surface area contributed by atoms with Crippen LogP contribution in [0.25, 0.3) is 20.8 Å². The average Bonchev–Trinajstić information content (AvgIpc) is 3.36. The number of carbonyl (C=O) groups excluding carboxylic acids is 1. The predicted octanol–water partition coefficient (Wildman–Crippen LogP) is 5.14. The minimum atomic E-state index is -0.172. The Hall–Kier alpha value is -2.51. The Kier molecular flexibility index (Phi) is 4.29. The molecule has 1 aromatic carbocycles. The summed E-state index contributed by atoms with van der Waals surface area (Å²) in [5.74, 6) is 0.503. The highest BCUT2D eigenvalue weighted by atomic mass is 32.1. The van der Waals surface area contributed by atoms with Crippen LogP contribution in [0.1, 0.15) is 34.3 Å². The van der Waals surface area contributed by atoms with E-state index in [4.69, 9.17) is 4.98 Å². The van der Waals surface area contributed by atoms with Crippen LogP contribution in [-0.2, 0) is 19.9 Å². The Labute approximate surface area is 171 Å². The highest BCUT2D eigenvalue weighted by molar-refractivity contribution is 7.23. The van der Waals surface area contributed by atoms with Gasteiger partial charge in [0.1, 0.15) is 10.0 Å². The van der Waals surface area contributed by atoms with E-state index in [1.54, 1.807) is 39.6 Å². The Morgan fingerprint density at radius 2 is 2.11 bits per heavy atom. The fourth-order valence-corrected chi connectivity index (χ4v) is 6.26. The van der Waals surface area contributed by atoms with Crippen LogP contribution in [0.15, 0.2) is 36.5 Å². The van der Waals surface area contributed by atoms with Crippen molar-refractivity contribution in [2.24, 2.45) is 13.0 Å². The number of thiophene rings is 1. The third kappa shape index (κ3) is 3.04. The molecule has 0 fully saturated rings. The van der Waals surface area contributed by atoms with Crippen LogP contribution in [0.2, 0.25) is 0 Å². The summed E-state index contributed by atoms with van der Waals surface area (Å²) in [5.41, 5.74) is 3.90. The van der Waals surface area contributed by atoms with E-state index in [1.165, 1.54) is 21.6 Å². The molecule has 1 amide bonds. The van der Waals surface area contributed by atoms with Gasteiger partial charge in [-0.3, -0.25) is 9.48 Å². The number of amides is 1. The molecule has 0 bridgehead atoms. The summed E-state index contributed by atoms with van der Waals surface area (Å²) in [5, 5.41) is 9.25. The smallest absolute Gasteiger partial charge is 0.276 e. The average molecular weight is 409 g/mol. The number of carbonyl (C=O) groups is 1. The van der Waals surface area contributed by atoms with Crippen molar-refractivity contribution in [2.45, 2.75) is 26.2 Å². The molecule has 1 aliphatic rings. The number of fused-ring (bicyclic) bond motifs is 2. The van der Waals surface area contributed by atoms with Crippen molar-refractivity contribution >= 4 is 43.8 Å². The van der Waals surface area contributed by atoms with Gasteiger partial charge in [-0.2, -0.15) is 5.10 Å². The molecule has 28 heavy (non-hydrogen) atoms. The normalized spacial score (nSPS) is 16.3. The second kappa shape index (κ2) is 6.83. The molecule has 0 saturated carbocycles. The van der Waals surface area contributed by atoms with Crippen LogP contribution in [0, 0.1) is 5.92 Å². The first-order valence-electron chi connectivity index (χ1n) is 9.40. The molecule has 142 valence electrons. The monoisotopic (exact) mass is 408 g/mol. The molecule has 1 N–H and O–H groups in total. The van der Waals surface area contributed by atoms with Gasteiger partial charge in [0, 0.05) is 23.7 Å². The van der Waals surface area contributed by atoms with Crippen LogP contribution >= 0.6 is 22.7 Å². The number of aryl methyl sites for hydroxylation is 1. The number of rotatable bonds is 3. The Balaban J connectivity index is 1.60. The van der Waals surface area contributed by atoms with Gasteiger partial charge in [0.05, 0.1) is 10.2 Å². The second-order valence-electron chi connectivity index (χ2n) is 7.37. The van der Waals surface area contributed by atoms with Gasteiger partial charge in [0.15, 0.2) is 5.69 Å². The minimum absolute atomic E-state index is 0.172. The third-order valence-electron chi connectivity index (χ3n) is 5.19. The highest BCUT2D eigenvalue weighted by Gasteiger charge is 2.27. The van der Waals surface area contributed by atoms with Crippen LogP contribution in [-0.4, -0.2) is 20.7 Å². The summed E-state index contributed by atoms with van der Waals surface area (Å²) in [6, 6.07) is 9.94. The van der Waals surface area contributed by atoms with Crippen LogP contribution in [0.4, 0.5) is 5.00 Å². The summed E-state index contributed by atoms with van der Waals surface area (Å²) in [7, 11) is 1.81. The maximum absolute atomic E-state index is 12.8. The van der Waals surface area contributed by atoms with Crippen molar-refractivity contribution in [1.82, 2.24) is 14.8 Å². The van der Waals surface area contributed by atoms with Gasteiger partial charge in [0.25, 0.3) is 5.91 Å². The molecular formula is C21H20N4OS2. The predicted molar refractivity (Wildman–Crippen MR) is 115 cm³/mol. The van der Waals surface area contributed by atoms with Gasteiger partial charge in [0.2, 0.25) is 0 Å². The topological polar surface area (TPSA) is 59.8 Å². The Morgan fingerprint density at radius 3 is 2.89 bits per heavy atom. The van der Waals surface area contributed by atoms with Crippen molar-refractivity contribution in [1.29, 1.82) is 0 Å². The second-order valence-corrected chi connectivity index (χ2v) is 9.51. The zero-order chi connectivity index (χ0) is 19.3. The molecule has 5 rings (SSSR count). The summed E-state index contributed by atoms with van der Waals surface area (Å²) in [6.45, 7) is 2.30. The number of aromatic nitrogens is 3. The zero-order valence-corrected chi connectivity index (χ0v) is 17.4. The SMILES string of the molecule is C[C@H]1CCc2c(sc(NC(=O)c3ccn(C)n3)c2-c2nc3ccccc3s2)C1. The summed E-state index contributed by atoms with van der Waals surface area (Å²) in [6.07, 6.45) is 5.06. The number of para-hydroxylation sites is 1. The lowest BCUT2D eigenvalue weighted by Gasteiger charge is -2.18. The number of anilines is 1. The van der Waals surface area contributed by atoms with Crippen molar-refractivity contribution in [3.63, 3.8) is 0 Å². The first-order valence-corrected chi connectivity index (χ1v) is 11.0. The van der Waals surface area contributed by atoms with E-state index in [0.717, 1.165) is 33.9 Å². The van der Waals surface area contributed by atoms with Gasteiger partial charge in [-0.1, -0.05) is 19.1 Å². The molecule has 0 spiro atoms. The molecular weight excluding hydrogens is 388 g/mol. The van der Waals surface area contributed by atoms with Gasteiger partial charge < -0.3 is 5.32 Å². The molecule has 1 aliphatic carbocycles. The number of nitrogens with zero attached hydrogens (tertiary/aromatic N) is 3. The standard InChI is InChI=1S/C21H20N4OS2/c1-12-7-8-13-17(11-12)28-21(23-19(26)15-9-10-25(2)24-15)18(13)20-22-14-5-3-4-6-16(14)27-20/h3-6,9-10,12H,7-8,11H2,1-2H3,(H,23,26)/t12-/m0/s1. The van der Waals surface area contributed by atoms with Crippen LogP contribution in [0.3, 0.4) is 0 Å². The molecule has 0 aliphatic heterocycles. The molecule has 0 radical (unpaired) electrons.